The molecule has 0 aliphatic carbocycles. The topological polar surface area (TPSA) is 89.3 Å². The van der Waals surface area contributed by atoms with Gasteiger partial charge in [0, 0.05) is 10.4 Å². The lowest BCUT2D eigenvalue weighted by Gasteiger charge is -2.15. The van der Waals surface area contributed by atoms with Gasteiger partial charge in [0.05, 0.1) is 10.6 Å². The van der Waals surface area contributed by atoms with Crippen molar-refractivity contribution in [2.24, 2.45) is 11.1 Å². The number of rotatable bonds is 7. The molecule has 1 aromatic carbocycles. The van der Waals surface area contributed by atoms with Gasteiger partial charge < -0.3 is 5.32 Å². The van der Waals surface area contributed by atoms with Gasteiger partial charge in [-0.2, -0.15) is 0 Å². The third kappa shape index (κ3) is 5.41. The Morgan fingerprint density at radius 3 is 2.52 bits per heavy atom. The Bertz CT molecular complexity index is 602. The molecule has 7 heteroatoms. The average Bonchev–Trinajstić information content (AvgIpc) is 2.40. The van der Waals surface area contributed by atoms with Crippen molar-refractivity contribution in [3.63, 3.8) is 0 Å². The summed E-state index contributed by atoms with van der Waals surface area (Å²) >= 11 is 3.26. The fourth-order valence-corrected chi connectivity index (χ4v) is 3.15. The summed E-state index contributed by atoms with van der Waals surface area (Å²) in [7, 11) is -3.75. The second-order valence-electron chi connectivity index (χ2n) is 4.92. The summed E-state index contributed by atoms with van der Waals surface area (Å²) in [5, 5.41) is 7.89. The van der Waals surface area contributed by atoms with Crippen LogP contribution in [0.4, 0.5) is 5.69 Å². The van der Waals surface area contributed by atoms with Gasteiger partial charge in [-0.05, 0) is 47.0 Å². The fourth-order valence-electron chi connectivity index (χ4n) is 1.98. The third-order valence-electron chi connectivity index (χ3n) is 3.30. The number of carbonyl (C=O) groups excluding carboxylic acids is 1. The van der Waals surface area contributed by atoms with Gasteiger partial charge in [0.25, 0.3) is 0 Å². The molecule has 0 saturated carbocycles. The Kier molecular flexibility index (Phi) is 6.83. The maximum absolute atomic E-state index is 12.2. The fraction of sp³-hybridized carbons (Fsp3) is 0.500. The van der Waals surface area contributed by atoms with Crippen LogP contribution < -0.4 is 10.5 Å². The SMILES string of the molecule is CCCCC(CC)C(=O)Nc1ccc(S(N)(=O)=O)cc1Br. The van der Waals surface area contributed by atoms with Crippen LogP contribution in [0.15, 0.2) is 27.6 Å². The van der Waals surface area contributed by atoms with Crippen molar-refractivity contribution in [2.45, 2.75) is 44.4 Å². The molecule has 0 heterocycles. The normalized spacial score (nSPS) is 13.0. The first kappa shape index (κ1) is 18.1. The summed E-state index contributed by atoms with van der Waals surface area (Å²) in [5.41, 5.74) is 0.544. The minimum absolute atomic E-state index is 0.00500. The van der Waals surface area contributed by atoms with Gasteiger partial charge in [-0.25, -0.2) is 13.6 Å². The highest BCUT2D eigenvalue weighted by Crippen LogP contribution is 2.26. The molecule has 1 atom stereocenters. The van der Waals surface area contributed by atoms with E-state index < -0.39 is 10.0 Å². The van der Waals surface area contributed by atoms with Gasteiger partial charge in [-0.1, -0.05) is 26.7 Å². The lowest BCUT2D eigenvalue weighted by atomic mass is 9.98. The Morgan fingerprint density at radius 1 is 1.38 bits per heavy atom. The molecule has 5 nitrogen and oxygen atoms in total. The highest BCUT2D eigenvalue weighted by Gasteiger charge is 2.17. The van der Waals surface area contributed by atoms with E-state index in [1.807, 2.05) is 6.92 Å². The zero-order valence-corrected chi connectivity index (χ0v) is 14.6. The van der Waals surface area contributed by atoms with Gasteiger partial charge in [0.15, 0.2) is 0 Å². The van der Waals surface area contributed by atoms with E-state index in [-0.39, 0.29) is 16.7 Å². The summed E-state index contributed by atoms with van der Waals surface area (Å²) in [4.78, 5) is 12.2. The quantitative estimate of drug-likeness (QED) is 0.764. The first-order valence-electron chi connectivity index (χ1n) is 6.92. The highest BCUT2D eigenvalue weighted by atomic mass is 79.9. The van der Waals surface area contributed by atoms with E-state index in [0.29, 0.717) is 10.2 Å². The number of benzene rings is 1. The maximum atomic E-state index is 12.2. The molecule has 21 heavy (non-hydrogen) atoms. The van der Waals surface area contributed by atoms with Gasteiger partial charge in [0.2, 0.25) is 15.9 Å². The first-order valence-corrected chi connectivity index (χ1v) is 9.26. The molecule has 1 amide bonds. The number of hydrogen-bond donors (Lipinski definition) is 2. The number of sulfonamides is 1. The van der Waals surface area contributed by atoms with Crippen molar-refractivity contribution in [2.75, 3.05) is 5.32 Å². The van der Waals surface area contributed by atoms with Crippen molar-refractivity contribution in [3.8, 4) is 0 Å². The Balaban J connectivity index is 2.85. The minimum Gasteiger partial charge on any atom is -0.325 e. The van der Waals surface area contributed by atoms with Crippen molar-refractivity contribution in [1.29, 1.82) is 0 Å². The Hall–Kier alpha value is -0.920. The molecule has 1 unspecified atom stereocenters. The first-order chi connectivity index (χ1) is 9.79. The van der Waals surface area contributed by atoms with Crippen LogP contribution in [0.3, 0.4) is 0 Å². The number of primary sulfonamides is 1. The predicted octanol–water partition coefficient (Wildman–Crippen LogP) is 3.25. The highest BCUT2D eigenvalue weighted by molar-refractivity contribution is 9.10. The third-order valence-corrected chi connectivity index (χ3v) is 4.86. The van der Waals surface area contributed by atoms with Crippen LogP contribution in [0.1, 0.15) is 39.5 Å². The summed E-state index contributed by atoms with van der Waals surface area (Å²) < 4.78 is 23.0. The second kappa shape index (κ2) is 7.91. The standard InChI is InChI=1S/C14H21BrN2O3S/c1-3-5-6-10(4-2)14(18)17-13-8-7-11(9-12(13)15)21(16,19)20/h7-10H,3-6H2,1-2H3,(H,17,18)(H2,16,19,20). The Labute approximate surface area is 134 Å². The number of nitrogens with one attached hydrogen (secondary N) is 1. The van der Waals surface area contributed by atoms with Crippen LogP contribution in [0.5, 0.6) is 0 Å². The zero-order chi connectivity index (χ0) is 16.0. The number of amides is 1. The molecule has 0 fully saturated rings. The molecule has 0 saturated heterocycles. The monoisotopic (exact) mass is 376 g/mol. The number of unbranched alkanes of at least 4 members (excludes halogenated alkanes) is 1. The van der Waals surface area contributed by atoms with E-state index in [1.54, 1.807) is 0 Å². The smallest absolute Gasteiger partial charge is 0.238 e. The van der Waals surface area contributed by atoms with Crippen molar-refractivity contribution >= 4 is 37.5 Å². The summed E-state index contributed by atoms with van der Waals surface area (Å²) in [5.74, 6) is -0.0789. The maximum Gasteiger partial charge on any atom is 0.238 e. The van der Waals surface area contributed by atoms with E-state index in [2.05, 4.69) is 28.2 Å². The van der Waals surface area contributed by atoms with Crippen LogP contribution >= 0.6 is 15.9 Å². The summed E-state index contributed by atoms with van der Waals surface area (Å²) in [6.07, 6.45) is 3.69. The van der Waals surface area contributed by atoms with Gasteiger partial charge in [0.1, 0.15) is 0 Å². The zero-order valence-electron chi connectivity index (χ0n) is 12.2. The van der Waals surface area contributed by atoms with Gasteiger partial charge in [-0.15, -0.1) is 0 Å². The van der Waals surface area contributed by atoms with Crippen molar-refractivity contribution in [1.82, 2.24) is 0 Å². The molecule has 0 aromatic heterocycles. The van der Waals surface area contributed by atoms with Crippen LogP contribution in [-0.2, 0) is 14.8 Å². The number of carbonyl (C=O) groups is 1. The number of hydrogen-bond acceptors (Lipinski definition) is 3. The number of halogens is 1. The molecule has 0 aliphatic heterocycles. The molecule has 0 bridgehead atoms. The van der Waals surface area contributed by atoms with E-state index in [4.69, 9.17) is 5.14 Å². The molecule has 0 aliphatic rings. The summed E-state index contributed by atoms with van der Waals surface area (Å²) in [6, 6.07) is 4.30. The lowest BCUT2D eigenvalue weighted by Crippen LogP contribution is -2.22. The van der Waals surface area contributed by atoms with Gasteiger partial charge >= 0.3 is 0 Å². The van der Waals surface area contributed by atoms with Crippen LogP contribution in [-0.4, -0.2) is 14.3 Å². The lowest BCUT2D eigenvalue weighted by molar-refractivity contribution is -0.120. The van der Waals surface area contributed by atoms with Gasteiger partial charge in [-0.3, -0.25) is 4.79 Å². The molecular formula is C14H21BrN2O3S. The molecule has 118 valence electrons. The van der Waals surface area contributed by atoms with Crippen LogP contribution in [0.2, 0.25) is 0 Å². The predicted molar refractivity (Wildman–Crippen MR) is 87.5 cm³/mol. The van der Waals surface area contributed by atoms with Crippen molar-refractivity contribution in [3.05, 3.63) is 22.7 Å². The molecule has 3 N–H and O–H groups in total. The minimum atomic E-state index is -3.75. The largest absolute Gasteiger partial charge is 0.325 e. The van der Waals surface area contributed by atoms with Crippen LogP contribution in [0.25, 0.3) is 0 Å². The van der Waals surface area contributed by atoms with Crippen molar-refractivity contribution < 1.29 is 13.2 Å². The molecule has 1 aromatic rings. The van der Waals surface area contributed by atoms with E-state index in [1.165, 1.54) is 18.2 Å². The van der Waals surface area contributed by atoms with E-state index >= 15 is 0 Å². The molecule has 0 radical (unpaired) electrons. The van der Waals surface area contributed by atoms with Crippen LogP contribution in [0, 0.1) is 5.92 Å². The second-order valence-corrected chi connectivity index (χ2v) is 7.34. The number of nitrogens with two attached hydrogens (primary N) is 1. The van der Waals surface area contributed by atoms with E-state index in [9.17, 15) is 13.2 Å². The molecule has 0 spiro atoms. The number of anilines is 1. The average molecular weight is 377 g/mol. The molecular weight excluding hydrogens is 356 g/mol. The Morgan fingerprint density at radius 2 is 2.05 bits per heavy atom. The van der Waals surface area contributed by atoms with E-state index in [0.717, 1.165) is 25.7 Å². The molecule has 1 rings (SSSR count). The summed E-state index contributed by atoms with van der Waals surface area (Å²) in [6.45, 7) is 4.08.